The van der Waals surface area contributed by atoms with Crippen molar-refractivity contribution in [2.24, 2.45) is 5.92 Å². The summed E-state index contributed by atoms with van der Waals surface area (Å²) in [6.07, 6.45) is 3.90. The molecule has 0 aromatic heterocycles. The molecule has 1 fully saturated rings. The minimum Gasteiger partial charge on any atom is -0.481 e. The summed E-state index contributed by atoms with van der Waals surface area (Å²) in [7, 11) is 0. The lowest BCUT2D eigenvalue weighted by Crippen LogP contribution is -2.43. The molecule has 0 aliphatic heterocycles. The highest BCUT2D eigenvalue weighted by Crippen LogP contribution is 2.23. The van der Waals surface area contributed by atoms with Gasteiger partial charge in [0.05, 0.1) is 6.10 Å². The van der Waals surface area contributed by atoms with Crippen molar-refractivity contribution in [1.82, 2.24) is 5.32 Å². The minimum atomic E-state index is -0.479. The predicted octanol–water partition coefficient (Wildman–Crippen LogP) is 2.51. The topological polar surface area (TPSA) is 58.6 Å². The maximum atomic E-state index is 12.2. The zero-order valence-electron chi connectivity index (χ0n) is 12.6. The number of rotatable bonds is 6. The summed E-state index contributed by atoms with van der Waals surface area (Å²) in [5.74, 6) is 0.785. The highest BCUT2D eigenvalue weighted by Gasteiger charge is 2.25. The number of amides is 1. The van der Waals surface area contributed by atoms with E-state index in [1.54, 1.807) is 0 Å². The molecule has 0 radical (unpaired) electrons. The Bertz CT molecular complexity index is 435. The van der Waals surface area contributed by atoms with Crippen LogP contribution in [0.5, 0.6) is 5.75 Å². The number of nitrogens with one attached hydrogen (secondary N) is 1. The van der Waals surface area contributed by atoms with E-state index in [1.807, 2.05) is 37.3 Å². The van der Waals surface area contributed by atoms with Crippen molar-refractivity contribution in [2.75, 3.05) is 6.54 Å². The van der Waals surface area contributed by atoms with Gasteiger partial charge in [0, 0.05) is 12.5 Å². The molecule has 21 heavy (non-hydrogen) atoms. The summed E-state index contributed by atoms with van der Waals surface area (Å²) in [4.78, 5) is 12.2. The highest BCUT2D eigenvalue weighted by atomic mass is 16.5. The van der Waals surface area contributed by atoms with Crippen LogP contribution in [-0.2, 0) is 4.79 Å². The Hall–Kier alpha value is -1.55. The van der Waals surface area contributed by atoms with Gasteiger partial charge in [-0.05, 0) is 31.4 Å². The molecule has 1 saturated carbocycles. The van der Waals surface area contributed by atoms with Crippen LogP contribution in [0.1, 0.15) is 39.0 Å². The highest BCUT2D eigenvalue weighted by molar-refractivity contribution is 5.81. The van der Waals surface area contributed by atoms with Crippen LogP contribution >= 0.6 is 0 Å². The fourth-order valence-electron chi connectivity index (χ4n) is 2.76. The van der Waals surface area contributed by atoms with Crippen molar-refractivity contribution >= 4 is 5.91 Å². The molecule has 4 heteroatoms. The van der Waals surface area contributed by atoms with Gasteiger partial charge < -0.3 is 15.2 Å². The van der Waals surface area contributed by atoms with Crippen molar-refractivity contribution in [3.05, 3.63) is 30.3 Å². The molecule has 1 aromatic rings. The third-order valence-electron chi connectivity index (χ3n) is 4.09. The summed E-state index contributed by atoms with van der Waals surface area (Å²) in [6, 6.07) is 9.39. The molecule has 0 bridgehead atoms. The zero-order valence-corrected chi connectivity index (χ0v) is 12.6. The Morgan fingerprint density at radius 3 is 2.71 bits per heavy atom. The van der Waals surface area contributed by atoms with E-state index in [0.29, 0.717) is 18.7 Å². The van der Waals surface area contributed by atoms with Crippen LogP contribution in [0.15, 0.2) is 30.3 Å². The molecule has 1 aliphatic carbocycles. The second kappa shape index (κ2) is 8.03. The Morgan fingerprint density at radius 2 is 2.05 bits per heavy atom. The van der Waals surface area contributed by atoms with E-state index >= 15 is 0 Å². The number of carbonyl (C=O) groups excluding carboxylic acids is 1. The number of aliphatic hydroxyl groups excluding tert-OH is 1. The first kappa shape index (κ1) is 15.8. The van der Waals surface area contributed by atoms with E-state index in [4.69, 9.17) is 4.74 Å². The van der Waals surface area contributed by atoms with Gasteiger partial charge in [-0.25, -0.2) is 0 Å². The first-order valence-corrected chi connectivity index (χ1v) is 7.88. The lowest BCUT2D eigenvalue weighted by atomic mass is 9.86. The number of carbonyl (C=O) groups is 1. The number of ether oxygens (including phenoxy) is 1. The van der Waals surface area contributed by atoms with Gasteiger partial charge in [-0.2, -0.15) is 0 Å². The van der Waals surface area contributed by atoms with E-state index in [-0.39, 0.29) is 17.9 Å². The first-order chi connectivity index (χ1) is 10.2. The first-order valence-electron chi connectivity index (χ1n) is 7.88. The second-order valence-electron chi connectivity index (χ2n) is 5.68. The quantitative estimate of drug-likeness (QED) is 0.846. The van der Waals surface area contributed by atoms with E-state index in [0.717, 1.165) is 25.7 Å². The van der Waals surface area contributed by atoms with Crippen molar-refractivity contribution in [1.29, 1.82) is 0 Å². The van der Waals surface area contributed by atoms with E-state index in [1.165, 1.54) is 0 Å². The SMILES string of the molecule is CCC(Oc1ccccc1)C(=O)NCC1CCCCC1O. The zero-order chi connectivity index (χ0) is 15.1. The Balaban J connectivity index is 1.82. The third-order valence-corrected chi connectivity index (χ3v) is 4.09. The molecule has 0 spiro atoms. The van der Waals surface area contributed by atoms with E-state index in [2.05, 4.69) is 5.32 Å². The summed E-state index contributed by atoms with van der Waals surface area (Å²) in [5.41, 5.74) is 0. The molecule has 0 heterocycles. The summed E-state index contributed by atoms with van der Waals surface area (Å²) in [5, 5.41) is 12.9. The van der Waals surface area contributed by atoms with Crippen LogP contribution in [0.3, 0.4) is 0 Å². The van der Waals surface area contributed by atoms with Crippen LogP contribution in [0.2, 0.25) is 0 Å². The van der Waals surface area contributed by atoms with Crippen molar-refractivity contribution in [3.8, 4) is 5.75 Å². The van der Waals surface area contributed by atoms with Gasteiger partial charge in [0.15, 0.2) is 6.10 Å². The molecule has 1 aromatic carbocycles. The molecular weight excluding hydrogens is 266 g/mol. The average molecular weight is 291 g/mol. The van der Waals surface area contributed by atoms with Crippen LogP contribution in [-0.4, -0.2) is 29.8 Å². The summed E-state index contributed by atoms with van der Waals surface area (Å²) >= 11 is 0. The molecule has 4 nitrogen and oxygen atoms in total. The number of hydrogen-bond acceptors (Lipinski definition) is 3. The minimum absolute atomic E-state index is 0.0980. The molecule has 3 unspecified atom stereocenters. The number of benzene rings is 1. The molecule has 1 aliphatic rings. The molecule has 2 rings (SSSR count). The predicted molar refractivity (Wildman–Crippen MR) is 82.1 cm³/mol. The molecular formula is C17H25NO3. The fourth-order valence-corrected chi connectivity index (χ4v) is 2.76. The third kappa shape index (κ3) is 4.74. The molecule has 3 atom stereocenters. The Morgan fingerprint density at radius 1 is 1.33 bits per heavy atom. The van der Waals surface area contributed by atoms with Crippen LogP contribution in [0, 0.1) is 5.92 Å². The van der Waals surface area contributed by atoms with Crippen molar-refractivity contribution in [3.63, 3.8) is 0 Å². The number of para-hydroxylation sites is 1. The number of aliphatic hydroxyl groups is 1. The molecule has 2 N–H and O–H groups in total. The van der Waals surface area contributed by atoms with Gasteiger partial charge in [0.2, 0.25) is 0 Å². The maximum Gasteiger partial charge on any atom is 0.261 e. The normalized spacial score (nSPS) is 23.3. The van der Waals surface area contributed by atoms with E-state index < -0.39 is 6.10 Å². The monoisotopic (exact) mass is 291 g/mol. The Kier molecular flexibility index (Phi) is 6.05. The fraction of sp³-hybridized carbons (Fsp3) is 0.588. The van der Waals surface area contributed by atoms with Gasteiger partial charge in [0.25, 0.3) is 5.91 Å². The van der Waals surface area contributed by atoms with E-state index in [9.17, 15) is 9.90 Å². The largest absolute Gasteiger partial charge is 0.481 e. The number of hydrogen-bond donors (Lipinski definition) is 2. The molecule has 0 saturated heterocycles. The van der Waals surface area contributed by atoms with Gasteiger partial charge in [0.1, 0.15) is 5.75 Å². The maximum absolute atomic E-state index is 12.2. The van der Waals surface area contributed by atoms with Gasteiger partial charge in [-0.15, -0.1) is 0 Å². The lowest BCUT2D eigenvalue weighted by Gasteiger charge is -2.28. The summed E-state index contributed by atoms with van der Waals surface area (Å²) < 4.78 is 5.72. The van der Waals surface area contributed by atoms with Crippen LogP contribution in [0.25, 0.3) is 0 Å². The van der Waals surface area contributed by atoms with Crippen molar-refractivity contribution < 1.29 is 14.6 Å². The van der Waals surface area contributed by atoms with Crippen LogP contribution in [0.4, 0.5) is 0 Å². The Labute approximate surface area is 126 Å². The smallest absolute Gasteiger partial charge is 0.261 e. The molecule has 116 valence electrons. The summed E-state index contributed by atoms with van der Waals surface area (Å²) in [6.45, 7) is 2.47. The van der Waals surface area contributed by atoms with Gasteiger partial charge in [-0.1, -0.05) is 38.0 Å². The van der Waals surface area contributed by atoms with Crippen molar-refractivity contribution in [2.45, 2.75) is 51.2 Å². The van der Waals surface area contributed by atoms with Gasteiger partial charge >= 0.3 is 0 Å². The standard InChI is InChI=1S/C17H25NO3/c1-2-16(21-14-9-4-3-5-10-14)17(20)18-12-13-8-6-7-11-15(13)19/h3-5,9-10,13,15-16,19H,2,6-8,11-12H2,1H3,(H,18,20). The van der Waals surface area contributed by atoms with Crippen LogP contribution < -0.4 is 10.1 Å². The average Bonchev–Trinajstić information content (AvgIpc) is 2.52. The second-order valence-corrected chi connectivity index (χ2v) is 5.68. The van der Waals surface area contributed by atoms with Gasteiger partial charge in [-0.3, -0.25) is 4.79 Å². The lowest BCUT2D eigenvalue weighted by molar-refractivity contribution is -0.128. The molecule has 1 amide bonds.